The highest BCUT2D eigenvalue weighted by molar-refractivity contribution is 5.95. The Hall–Kier alpha value is -3.48. The predicted octanol–water partition coefficient (Wildman–Crippen LogP) is 3.13. The first-order valence-corrected chi connectivity index (χ1v) is 9.82. The van der Waals surface area contributed by atoms with Crippen LogP contribution in [0.15, 0.2) is 53.5 Å². The molecule has 7 nitrogen and oxygen atoms in total. The van der Waals surface area contributed by atoms with Crippen molar-refractivity contribution in [3.63, 3.8) is 0 Å². The first kappa shape index (κ1) is 18.9. The van der Waals surface area contributed by atoms with Gasteiger partial charge in [-0.05, 0) is 42.7 Å². The molecule has 1 aliphatic rings. The molecule has 1 aromatic carbocycles. The minimum absolute atomic E-state index is 0.159. The molecule has 1 amide bonds. The van der Waals surface area contributed by atoms with Crippen LogP contribution in [0.1, 0.15) is 31.0 Å². The lowest BCUT2D eigenvalue weighted by molar-refractivity contribution is -0.117. The van der Waals surface area contributed by atoms with Gasteiger partial charge in [-0.3, -0.25) is 9.59 Å². The van der Waals surface area contributed by atoms with Gasteiger partial charge in [-0.25, -0.2) is 9.97 Å². The van der Waals surface area contributed by atoms with Gasteiger partial charge < -0.3 is 15.2 Å². The number of rotatable bonds is 6. The molecule has 2 N–H and O–H groups in total. The molecule has 1 aliphatic heterocycles. The highest BCUT2D eigenvalue weighted by Gasteiger charge is 2.21. The highest BCUT2D eigenvalue weighted by atomic mass is 16.2. The van der Waals surface area contributed by atoms with Crippen molar-refractivity contribution in [3.05, 3.63) is 70.3 Å². The van der Waals surface area contributed by atoms with E-state index in [2.05, 4.69) is 20.3 Å². The summed E-state index contributed by atoms with van der Waals surface area (Å²) in [6.07, 6.45) is 3.96. The summed E-state index contributed by atoms with van der Waals surface area (Å²) in [7, 11) is 0. The number of aromatic amines is 1. The second-order valence-corrected chi connectivity index (χ2v) is 7.04. The van der Waals surface area contributed by atoms with Gasteiger partial charge in [0.2, 0.25) is 5.91 Å². The maximum absolute atomic E-state index is 11.8. The van der Waals surface area contributed by atoms with E-state index in [1.54, 1.807) is 6.20 Å². The van der Waals surface area contributed by atoms with Crippen LogP contribution in [0, 0.1) is 0 Å². The predicted molar refractivity (Wildman–Crippen MR) is 113 cm³/mol. The van der Waals surface area contributed by atoms with Crippen LogP contribution in [0.25, 0.3) is 11.4 Å². The molecule has 148 valence electrons. The number of nitrogens with zero attached hydrogens (tertiary/aromatic N) is 3. The van der Waals surface area contributed by atoms with E-state index in [4.69, 9.17) is 0 Å². The van der Waals surface area contributed by atoms with Crippen molar-refractivity contribution in [2.24, 2.45) is 0 Å². The van der Waals surface area contributed by atoms with Crippen molar-refractivity contribution in [1.82, 2.24) is 15.0 Å². The molecule has 0 radical (unpaired) electrons. The molecule has 2 aromatic heterocycles. The van der Waals surface area contributed by atoms with Crippen molar-refractivity contribution < 1.29 is 4.79 Å². The Kier molecular flexibility index (Phi) is 5.37. The summed E-state index contributed by atoms with van der Waals surface area (Å²) < 4.78 is 0. The first-order valence-electron chi connectivity index (χ1n) is 9.82. The van der Waals surface area contributed by atoms with Crippen LogP contribution in [0.2, 0.25) is 0 Å². The fraction of sp³-hybridized carbons (Fsp3) is 0.273. The number of amides is 1. The molecular weight excluding hydrogens is 366 g/mol. The van der Waals surface area contributed by atoms with Crippen LogP contribution in [-0.4, -0.2) is 27.4 Å². The molecule has 3 heterocycles. The average molecular weight is 389 g/mol. The number of benzene rings is 1. The minimum Gasteiger partial charge on any atom is -0.366 e. The summed E-state index contributed by atoms with van der Waals surface area (Å²) in [6, 6.07) is 13.3. The number of aryl methyl sites for hydroxylation is 1. The summed E-state index contributed by atoms with van der Waals surface area (Å²) in [4.78, 5) is 37.0. The third-order valence-corrected chi connectivity index (χ3v) is 4.99. The van der Waals surface area contributed by atoms with Crippen LogP contribution in [0.5, 0.6) is 0 Å². The number of hydrogen-bond donors (Lipinski definition) is 2. The fourth-order valence-corrected chi connectivity index (χ4v) is 3.37. The third-order valence-electron chi connectivity index (χ3n) is 4.99. The molecule has 0 unspecified atom stereocenters. The van der Waals surface area contributed by atoms with Crippen LogP contribution in [0.3, 0.4) is 0 Å². The molecule has 4 rings (SSSR count). The van der Waals surface area contributed by atoms with E-state index >= 15 is 0 Å². The molecule has 0 spiro atoms. The van der Waals surface area contributed by atoms with E-state index in [1.807, 2.05) is 48.2 Å². The second-order valence-electron chi connectivity index (χ2n) is 7.04. The van der Waals surface area contributed by atoms with Gasteiger partial charge in [-0.1, -0.05) is 19.1 Å². The van der Waals surface area contributed by atoms with Crippen molar-refractivity contribution in [1.29, 1.82) is 0 Å². The Balaban J connectivity index is 1.40. The monoisotopic (exact) mass is 389 g/mol. The zero-order valence-corrected chi connectivity index (χ0v) is 16.3. The third kappa shape index (κ3) is 4.34. The topological polar surface area (TPSA) is 91.0 Å². The molecular formula is C22H23N5O2. The number of carbonyl (C=O) groups excluding carboxylic acids is 1. The summed E-state index contributed by atoms with van der Waals surface area (Å²) in [5.74, 6) is 1.46. The van der Waals surface area contributed by atoms with Crippen LogP contribution in [0.4, 0.5) is 11.5 Å². The molecule has 3 aromatic rings. The van der Waals surface area contributed by atoms with Crippen LogP contribution in [-0.2, 0) is 17.8 Å². The summed E-state index contributed by atoms with van der Waals surface area (Å²) >= 11 is 0. The maximum Gasteiger partial charge on any atom is 0.251 e. The van der Waals surface area contributed by atoms with E-state index in [-0.39, 0.29) is 11.5 Å². The van der Waals surface area contributed by atoms with Crippen molar-refractivity contribution in [3.8, 4) is 11.4 Å². The van der Waals surface area contributed by atoms with Crippen molar-refractivity contribution in [2.75, 3.05) is 16.8 Å². The van der Waals surface area contributed by atoms with E-state index in [9.17, 15) is 9.59 Å². The van der Waals surface area contributed by atoms with Gasteiger partial charge in [0.25, 0.3) is 5.56 Å². The summed E-state index contributed by atoms with van der Waals surface area (Å²) in [6.45, 7) is 3.39. The van der Waals surface area contributed by atoms with Gasteiger partial charge in [-0.2, -0.15) is 0 Å². The lowest BCUT2D eigenvalue weighted by atomic mass is 10.2. The van der Waals surface area contributed by atoms with E-state index < -0.39 is 0 Å². The Labute approximate surface area is 168 Å². The molecule has 29 heavy (non-hydrogen) atoms. The van der Waals surface area contributed by atoms with Crippen LogP contribution >= 0.6 is 0 Å². The Morgan fingerprint density at radius 2 is 1.97 bits per heavy atom. The first-order chi connectivity index (χ1) is 14.1. The maximum atomic E-state index is 11.8. The summed E-state index contributed by atoms with van der Waals surface area (Å²) in [5.41, 5.74) is 3.42. The fourth-order valence-electron chi connectivity index (χ4n) is 3.37. The number of aromatic nitrogens is 3. The lowest BCUT2D eigenvalue weighted by Crippen LogP contribution is -2.23. The summed E-state index contributed by atoms with van der Waals surface area (Å²) in [5, 5.41) is 3.29. The quantitative estimate of drug-likeness (QED) is 0.676. The van der Waals surface area contributed by atoms with Gasteiger partial charge in [0.1, 0.15) is 11.6 Å². The normalized spacial score (nSPS) is 13.7. The van der Waals surface area contributed by atoms with Gasteiger partial charge >= 0.3 is 0 Å². The number of pyridine rings is 1. The Morgan fingerprint density at radius 1 is 1.14 bits per heavy atom. The van der Waals surface area contributed by atoms with Gasteiger partial charge in [-0.15, -0.1) is 0 Å². The minimum atomic E-state index is -0.159. The van der Waals surface area contributed by atoms with E-state index in [0.717, 1.165) is 41.3 Å². The molecule has 0 saturated carbocycles. The zero-order valence-electron chi connectivity index (χ0n) is 16.3. The average Bonchev–Trinajstić information content (AvgIpc) is 3.18. The lowest BCUT2D eigenvalue weighted by Gasteiger charge is -2.16. The number of carbonyl (C=O) groups is 1. The van der Waals surface area contributed by atoms with E-state index in [1.165, 1.54) is 6.07 Å². The zero-order chi connectivity index (χ0) is 20.2. The highest BCUT2D eigenvalue weighted by Crippen LogP contribution is 2.22. The van der Waals surface area contributed by atoms with Crippen molar-refractivity contribution >= 4 is 17.4 Å². The van der Waals surface area contributed by atoms with E-state index in [0.29, 0.717) is 25.2 Å². The molecule has 1 fully saturated rings. The molecule has 1 saturated heterocycles. The molecule has 0 atom stereocenters. The number of hydrogen-bond acceptors (Lipinski definition) is 5. The molecule has 7 heteroatoms. The second kappa shape index (κ2) is 8.26. The standard InChI is InChI=1S/C22H23N5O2/c1-2-17-12-20(28)26-22(25-17)16-7-10-19(24-14-16)23-13-15-5-8-18(9-6-15)27-11-3-4-21(27)29/h5-10,12,14H,2-4,11,13H2,1H3,(H,23,24)(H,25,26,28). The smallest absolute Gasteiger partial charge is 0.251 e. The van der Waals surface area contributed by atoms with Gasteiger partial charge in [0.05, 0.1) is 0 Å². The number of anilines is 2. The largest absolute Gasteiger partial charge is 0.366 e. The van der Waals surface area contributed by atoms with Gasteiger partial charge in [0.15, 0.2) is 0 Å². The molecule has 0 aliphatic carbocycles. The Morgan fingerprint density at radius 3 is 2.62 bits per heavy atom. The molecule has 0 bridgehead atoms. The Bertz CT molecular complexity index is 1060. The van der Waals surface area contributed by atoms with Crippen LogP contribution < -0.4 is 15.8 Å². The number of H-pyrrole nitrogens is 1. The number of nitrogens with one attached hydrogen (secondary N) is 2. The van der Waals surface area contributed by atoms with Crippen molar-refractivity contribution in [2.45, 2.75) is 32.7 Å². The van der Waals surface area contributed by atoms with Gasteiger partial charge in [0, 0.05) is 48.7 Å². The SMILES string of the molecule is CCc1cc(=O)[nH]c(-c2ccc(NCc3ccc(N4CCCC4=O)cc3)nc2)n1.